The van der Waals surface area contributed by atoms with Crippen LogP contribution in [0.3, 0.4) is 0 Å². The summed E-state index contributed by atoms with van der Waals surface area (Å²) in [6.07, 6.45) is 0.823. The van der Waals surface area contributed by atoms with Crippen molar-refractivity contribution in [3.8, 4) is 11.5 Å². The second-order valence-electron chi connectivity index (χ2n) is 5.10. The van der Waals surface area contributed by atoms with Crippen LogP contribution in [0.5, 0.6) is 11.5 Å². The van der Waals surface area contributed by atoms with E-state index in [1.165, 1.54) is 0 Å². The first-order valence-electron chi connectivity index (χ1n) is 7.97. The summed E-state index contributed by atoms with van der Waals surface area (Å²) >= 11 is 3.30. The van der Waals surface area contributed by atoms with E-state index >= 15 is 0 Å². The van der Waals surface area contributed by atoms with Crippen molar-refractivity contribution >= 4 is 27.9 Å². The lowest BCUT2D eigenvalue weighted by Crippen LogP contribution is -2.14. The standard InChI is InChI=1S/C19H19BrO5/c1-3-11-24-16-8-6-5-7-14(16)19(22)25-17-10-9-13(20)12-15(17)18(21)23-4-2/h5-10,12H,3-4,11H2,1-2H3. The summed E-state index contributed by atoms with van der Waals surface area (Å²) in [5, 5.41) is 0. The Labute approximate surface area is 155 Å². The van der Waals surface area contributed by atoms with Crippen molar-refractivity contribution in [1.82, 2.24) is 0 Å². The molecule has 0 radical (unpaired) electrons. The molecule has 2 aromatic rings. The Morgan fingerprint density at radius 2 is 1.72 bits per heavy atom. The fourth-order valence-corrected chi connectivity index (χ4v) is 2.45. The van der Waals surface area contributed by atoms with Gasteiger partial charge in [-0.1, -0.05) is 35.0 Å². The Morgan fingerprint density at radius 1 is 0.960 bits per heavy atom. The lowest BCUT2D eigenvalue weighted by Gasteiger charge is -2.12. The molecular weight excluding hydrogens is 388 g/mol. The fourth-order valence-electron chi connectivity index (χ4n) is 2.09. The molecule has 6 heteroatoms. The van der Waals surface area contributed by atoms with E-state index < -0.39 is 11.9 Å². The molecule has 0 fully saturated rings. The van der Waals surface area contributed by atoms with Gasteiger partial charge in [-0.2, -0.15) is 0 Å². The molecule has 0 saturated heterocycles. The predicted molar refractivity (Wildman–Crippen MR) is 97.3 cm³/mol. The molecule has 0 aromatic heterocycles. The van der Waals surface area contributed by atoms with E-state index in [0.29, 0.717) is 22.4 Å². The number of hydrogen-bond donors (Lipinski definition) is 0. The first-order chi connectivity index (χ1) is 12.1. The first kappa shape index (κ1) is 19.0. The first-order valence-corrected chi connectivity index (χ1v) is 8.76. The van der Waals surface area contributed by atoms with Gasteiger partial charge in [-0.25, -0.2) is 9.59 Å². The van der Waals surface area contributed by atoms with E-state index in [0.717, 1.165) is 6.42 Å². The van der Waals surface area contributed by atoms with Gasteiger partial charge in [-0.3, -0.25) is 0 Å². The van der Waals surface area contributed by atoms with Gasteiger partial charge in [-0.15, -0.1) is 0 Å². The number of rotatable bonds is 7. The minimum Gasteiger partial charge on any atom is -0.493 e. The molecule has 0 aliphatic rings. The monoisotopic (exact) mass is 406 g/mol. The van der Waals surface area contributed by atoms with Crippen molar-refractivity contribution in [3.63, 3.8) is 0 Å². The number of hydrogen-bond acceptors (Lipinski definition) is 5. The van der Waals surface area contributed by atoms with Crippen molar-refractivity contribution < 1.29 is 23.8 Å². The van der Waals surface area contributed by atoms with Crippen LogP contribution < -0.4 is 9.47 Å². The van der Waals surface area contributed by atoms with Crippen LogP contribution >= 0.6 is 15.9 Å². The van der Waals surface area contributed by atoms with E-state index in [4.69, 9.17) is 14.2 Å². The van der Waals surface area contributed by atoms with Crippen molar-refractivity contribution in [1.29, 1.82) is 0 Å². The van der Waals surface area contributed by atoms with Gasteiger partial charge in [0.1, 0.15) is 22.6 Å². The molecule has 0 aliphatic carbocycles. The number of benzene rings is 2. The third-order valence-corrected chi connectivity index (χ3v) is 3.70. The van der Waals surface area contributed by atoms with Gasteiger partial charge in [-0.05, 0) is 43.7 Å². The number of carbonyl (C=O) groups is 2. The third-order valence-electron chi connectivity index (χ3n) is 3.21. The Hall–Kier alpha value is -2.34. The summed E-state index contributed by atoms with van der Waals surface area (Å²) in [6.45, 7) is 4.42. The molecule has 132 valence electrons. The maximum atomic E-state index is 12.5. The summed E-state index contributed by atoms with van der Waals surface area (Å²) in [5.41, 5.74) is 0.477. The predicted octanol–water partition coefficient (Wildman–Crippen LogP) is 4.63. The van der Waals surface area contributed by atoms with E-state index in [2.05, 4.69) is 15.9 Å². The van der Waals surface area contributed by atoms with E-state index in [9.17, 15) is 9.59 Å². The zero-order chi connectivity index (χ0) is 18.2. The molecule has 0 unspecified atom stereocenters. The smallest absolute Gasteiger partial charge is 0.347 e. The average Bonchev–Trinajstić information content (AvgIpc) is 2.61. The lowest BCUT2D eigenvalue weighted by atomic mass is 10.2. The molecule has 0 heterocycles. The number of carbonyl (C=O) groups excluding carboxylic acids is 2. The van der Waals surface area contributed by atoms with Gasteiger partial charge in [0, 0.05) is 4.47 Å². The Bertz CT molecular complexity index is 757. The molecule has 5 nitrogen and oxygen atoms in total. The topological polar surface area (TPSA) is 61.8 Å². The Morgan fingerprint density at radius 3 is 2.44 bits per heavy atom. The molecule has 25 heavy (non-hydrogen) atoms. The molecule has 2 rings (SSSR count). The van der Waals surface area contributed by atoms with Crippen LogP contribution in [0.1, 0.15) is 41.0 Å². The van der Waals surface area contributed by atoms with Crippen molar-refractivity contribution in [2.75, 3.05) is 13.2 Å². The largest absolute Gasteiger partial charge is 0.493 e. The van der Waals surface area contributed by atoms with E-state index in [1.807, 2.05) is 6.92 Å². The van der Waals surface area contributed by atoms with Crippen molar-refractivity contribution in [3.05, 3.63) is 58.1 Å². The van der Waals surface area contributed by atoms with Gasteiger partial charge in [0.2, 0.25) is 0 Å². The number of ether oxygens (including phenoxy) is 3. The van der Waals surface area contributed by atoms with Gasteiger partial charge < -0.3 is 14.2 Å². The molecular formula is C19H19BrO5. The second-order valence-corrected chi connectivity index (χ2v) is 6.01. The maximum Gasteiger partial charge on any atom is 0.347 e. The minimum atomic E-state index is -0.598. The highest BCUT2D eigenvalue weighted by atomic mass is 79.9. The summed E-state index contributed by atoms with van der Waals surface area (Å²) in [4.78, 5) is 24.6. The summed E-state index contributed by atoms with van der Waals surface area (Å²) in [5.74, 6) is -0.567. The Balaban J connectivity index is 2.28. The lowest BCUT2D eigenvalue weighted by molar-refractivity contribution is 0.0520. The zero-order valence-corrected chi connectivity index (χ0v) is 15.7. The summed E-state index contributed by atoms with van der Waals surface area (Å²) < 4.78 is 16.7. The van der Waals surface area contributed by atoms with Crippen LogP contribution in [-0.2, 0) is 4.74 Å². The van der Waals surface area contributed by atoms with Crippen LogP contribution in [0, 0.1) is 0 Å². The molecule has 0 spiro atoms. The van der Waals surface area contributed by atoms with Gasteiger partial charge in [0.15, 0.2) is 0 Å². The average molecular weight is 407 g/mol. The third kappa shape index (κ3) is 5.06. The molecule has 0 bridgehead atoms. The Kier molecular flexibility index (Phi) is 7.01. The number of para-hydroxylation sites is 1. The molecule has 2 aromatic carbocycles. The highest BCUT2D eigenvalue weighted by Crippen LogP contribution is 2.27. The van der Waals surface area contributed by atoms with Crippen LogP contribution in [0.4, 0.5) is 0 Å². The summed E-state index contributed by atoms with van der Waals surface area (Å²) in [7, 11) is 0. The quantitative estimate of drug-likeness (QED) is 0.495. The maximum absolute atomic E-state index is 12.5. The normalized spacial score (nSPS) is 10.2. The van der Waals surface area contributed by atoms with E-state index in [-0.39, 0.29) is 17.9 Å². The number of halogens is 1. The molecule has 0 aliphatic heterocycles. The van der Waals surface area contributed by atoms with Gasteiger partial charge in [0.05, 0.1) is 13.2 Å². The van der Waals surface area contributed by atoms with Gasteiger partial charge >= 0.3 is 11.9 Å². The van der Waals surface area contributed by atoms with Crippen LogP contribution in [0.2, 0.25) is 0 Å². The minimum absolute atomic E-state index is 0.136. The van der Waals surface area contributed by atoms with Crippen molar-refractivity contribution in [2.45, 2.75) is 20.3 Å². The van der Waals surface area contributed by atoms with Crippen molar-refractivity contribution in [2.24, 2.45) is 0 Å². The SMILES string of the molecule is CCCOc1ccccc1C(=O)Oc1ccc(Br)cc1C(=O)OCC. The zero-order valence-electron chi connectivity index (χ0n) is 14.1. The van der Waals surface area contributed by atoms with Crippen LogP contribution in [0.15, 0.2) is 46.9 Å². The molecule has 0 atom stereocenters. The molecule has 0 saturated carbocycles. The fraction of sp³-hybridized carbons (Fsp3) is 0.263. The second kappa shape index (κ2) is 9.22. The van der Waals surface area contributed by atoms with E-state index in [1.54, 1.807) is 49.4 Å². The van der Waals surface area contributed by atoms with Crippen LogP contribution in [-0.4, -0.2) is 25.2 Å². The molecule has 0 amide bonds. The summed E-state index contributed by atoms with van der Waals surface area (Å²) in [6, 6.07) is 11.6. The highest BCUT2D eigenvalue weighted by molar-refractivity contribution is 9.10. The van der Waals surface area contributed by atoms with Gasteiger partial charge in [0.25, 0.3) is 0 Å². The number of esters is 2. The molecule has 0 N–H and O–H groups in total. The highest BCUT2D eigenvalue weighted by Gasteiger charge is 2.20. The van der Waals surface area contributed by atoms with Crippen LogP contribution in [0.25, 0.3) is 0 Å².